The van der Waals surface area contributed by atoms with E-state index in [0.717, 1.165) is 66.8 Å². The highest BCUT2D eigenvalue weighted by Crippen LogP contribution is 2.45. The molecule has 0 atom stereocenters. The maximum atomic E-state index is 12.4. The van der Waals surface area contributed by atoms with Gasteiger partial charge in [0.15, 0.2) is 0 Å². The van der Waals surface area contributed by atoms with Gasteiger partial charge in [0.1, 0.15) is 11.6 Å². The molecule has 8 rings (SSSR count). The normalized spacial score (nSPS) is 13.5. The molecule has 0 unspecified atom stereocenters. The zero-order valence-electron chi connectivity index (χ0n) is 42.1. The molecule has 0 spiro atoms. The van der Waals surface area contributed by atoms with Crippen molar-refractivity contribution < 1.29 is 9.22 Å². The number of hydrogen-bond acceptors (Lipinski definition) is 3. The van der Waals surface area contributed by atoms with Gasteiger partial charge in [-0.3, -0.25) is 9.55 Å². The molecule has 0 bridgehead atoms. The summed E-state index contributed by atoms with van der Waals surface area (Å²) < 4.78 is 28.8. The summed E-state index contributed by atoms with van der Waals surface area (Å²) in [5.41, 5.74) is 13.7. The van der Waals surface area contributed by atoms with E-state index < -0.39 is 12.3 Å². The molecule has 0 aliphatic rings. The first-order valence-electron chi connectivity index (χ1n) is 23.6. The maximum Gasteiger partial charge on any atom is 0.149 e. The van der Waals surface area contributed by atoms with Gasteiger partial charge in [0, 0.05) is 27.0 Å². The van der Waals surface area contributed by atoms with Crippen LogP contribution in [0.2, 0.25) is 0 Å². The van der Waals surface area contributed by atoms with Gasteiger partial charge < -0.3 is 5.11 Å². The first-order chi connectivity index (χ1) is 30.8. The molecule has 0 fully saturated rings. The number of fused-ring (bicyclic) bond motifs is 1. The highest BCUT2D eigenvalue weighted by atomic mass is 16.3. The first kappa shape index (κ1) is 39.6. The van der Waals surface area contributed by atoms with Gasteiger partial charge in [0.05, 0.1) is 28.0 Å². The molecule has 4 heteroatoms. The van der Waals surface area contributed by atoms with Crippen LogP contribution < -0.4 is 0 Å². The second-order valence-corrected chi connectivity index (χ2v) is 21.3. The van der Waals surface area contributed by atoms with Crippen LogP contribution in [0.1, 0.15) is 115 Å². The zero-order chi connectivity index (χ0) is 47.7. The molecule has 0 saturated carbocycles. The van der Waals surface area contributed by atoms with E-state index in [1.165, 1.54) is 5.56 Å². The number of pyridine rings is 1. The molecule has 0 aliphatic carbocycles. The van der Waals surface area contributed by atoms with E-state index in [4.69, 9.17) is 14.1 Å². The van der Waals surface area contributed by atoms with Crippen molar-refractivity contribution in [3.63, 3.8) is 0 Å². The van der Waals surface area contributed by atoms with Gasteiger partial charge in [0.25, 0.3) is 0 Å². The Morgan fingerprint density at radius 2 is 1.11 bits per heavy atom. The lowest BCUT2D eigenvalue weighted by atomic mass is 9.79. The van der Waals surface area contributed by atoms with E-state index in [9.17, 15) is 5.11 Å². The summed E-state index contributed by atoms with van der Waals surface area (Å²) in [6.07, 6.45) is 1.88. The molecule has 2 aromatic heterocycles. The van der Waals surface area contributed by atoms with Crippen LogP contribution in [-0.2, 0) is 21.7 Å². The number of aromatic hydroxyl groups is 1. The van der Waals surface area contributed by atoms with Crippen molar-refractivity contribution in [3.05, 3.63) is 167 Å². The van der Waals surface area contributed by atoms with Gasteiger partial charge in [-0.1, -0.05) is 168 Å². The average Bonchev–Trinajstić information content (AvgIpc) is 3.64. The molecule has 4 nitrogen and oxygen atoms in total. The quantitative estimate of drug-likeness (QED) is 0.182. The maximum absolute atomic E-state index is 12.4. The summed E-state index contributed by atoms with van der Waals surface area (Å²) in [5.74, 6) is 0.588. The molecule has 0 amide bonds. The molecular formula is C59H63N3O. The molecular weight excluding hydrogens is 767 g/mol. The third kappa shape index (κ3) is 8.61. The number of hydrogen-bond donors (Lipinski definition) is 1. The standard InChI is InChI=1S/C59H63N3O/c1-37-30-40(38-18-15-14-16-19-38)24-27-51(37)62-52-21-17-20-47(53(52)61-55(62)48-35-46(58(8,9)10)36-49(54(48)63)59(11,12)13)42-31-43(33-45(32-42)57(5,6)7)50-34-41(28-29-60-50)39-22-25-44(26-23-39)56(2,3)4/h14-36,63H,1-13H3/i1D3. The van der Waals surface area contributed by atoms with E-state index in [1.54, 1.807) is 6.07 Å². The molecule has 0 radical (unpaired) electrons. The van der Waals surface area contributed by atoms with E-state index >= 15 is 0 Å². The van der Waals surface area contributed by atoms with Gasteiger partial charge in [-0.05, 0) is 127 Å². The minimum atomic E-state index is -2.48. The van der Waals surface area contributed by atoms with Crippen LogP contribution in [0.25, 0.3) is 72.7 Å². The third-order valence-corrected chi connectivity index (χ3v) is 12.3. The number of aryl methyl sites for hydroxylation is 1. The number of aromatic nitrogens is 3. The lowest BCUT2D eigenvalue weighted by Crippen LogP contribution is -2.17. The van der Waals surface area contributed by atoms with Crippen LogP contribution in [0.5, 0.6) is 5.75 Å². The van der Waals surface area contributed by atoms with E-state index in [-0.39, 0.29) is 27.6 Å². The fourth-order valence-electron chi connectivity index (χ4n) is 8.40. The van der Waals surface area contributed by atoms with Crippen LogP contribution in [0.15, 0.2) is 140 Å². The third-order valence-electron chi connectivity index (χ3n) is 12.3. The topological polar surface area (TPSA) is 50.9 Å². The van der Waals surface area contributed by atoms with Crippen molar-refractivity contribution in [1.29, 1.82) is 0 Å². The van der Waals surface area contributed by atoms with Crippen LogP contribution in [0, 0.1) is 6.85 Å². The van der Waals surface area contributed by atoms with Gasteiger partial charge in [-0.2, -0.15) is 0 Å². The Hall–Kier alpha value is -6.26. The van der Waals surface area contributed by atoms with E-state index in [0.29, 0.717) is 22.6 Å². The number of para-hydroxylation sites is 1. The summed E-state index contributed by atoms with van der Waals surface area (Å²) in [5, 5.41) is 12.4. The molecule has 8 aromatic rings. The molecule has 63 heavy (non-hydrogen) atoms. The molecule has 1 N–H and O–H groups in total. The Morgan fingerprint density at radius 3 is 1.76 bits per heavy atom. The van der Waals surface area contributed by atoms with Crippen LogP contribution in [-0.4, -0.2) is 19.6 Å². The molecule has 320 valence electrons. The Bertz CT molecular complexity index is 3090. The number of phenols is 1. The number of rotatable bonds is 6. The summed E-state index contributed by atoms with van der Waals surface area (Å²) in [6.45, 7) is 23.7. The lowest BCUT2D eigenvalue weighted by Gasteiger charge is -2.27. The number of phenolic OH excluding ortho intramolecular Hbond substituents is 1. The number of nitrogens with zero attached hydrogens (tertiary/aromatic N) is 3. The Morgan fingerprint density at radius 1 is 0.492 bits per heavy atom. The van der Waals surface area contributed by atoms with Gasteiger partial charge in [0.2, 0.25) is 0 Å². The van der Waals surface area contributed by atoms with E-state index in [1.807, 2.05) is 71.4 Å². The van der Waals surface area contributed by atoms with Gasteiger partial charge >= 0.3 is 0 Å². The van der Waals surface area contributed by atoms with Crippen molar-refractivity contribution in [2.75, 3.05) is 0 Å². The Labute approximate surface area is 380 Å². The van der Waals surface area contributed by atoms with Gasteiger partial charge in [-0.25, -0.2) is 4.98 Å². The first-order valence-corrected chi connectivity index (χ1v) is 22.1. The Kier molecular flexibility index (Phi) is 9.94. The predicted octanol–water partition coefficient (Wildman–Crippen LogP) is 16.0. The molecule has 6 aromatic carbocycles. The fraction of sp³-hybridized carbons (Fsp3) is 0.288. The SMILES string of the molecule is [2H]C([2H])([2H])c1cc(-c2ccccc2)ccc1-n1c(-c2cc(C(C)(C)C)cc(C(C)(C)C)c2O)nc2c(-c3cc(-c4cc(-c5ccc(C(C)(C)C)cc5)ccn4)cc(C(C)(C)C)c3)cccc21. The van der Waals surface area contributed by atoms with Crippen LogP contribution >= 0.6 is 0 Å². The summed E-state index contributed by atoms with van der Waals surface area (Å²) in [4.78, 5) is 10.5. The zero-order valence-corrected chi connectivity index (χ0v) is 39.1. The minimum Gasteiger partial charge on any atom is -0.507 e. The number of imidazole rings is 1. The monoisotopic (exact) mass is 833 g/mol. The van der Waals surface area contributed by atoms with Crippen LogP contribution in [0.4, 0.5) is 0 Å². The molecule has 0 saturated heterocycles. The van der Waals surface area contributed by atoms with Crippen molar-refractivity contribution in [1.82, 2.24) is 14.5 Å². The molecule has 2 heterocycles. The predicted molar refractivity (Wildman–Crippen MR) is 267 cm³/mol. The van der Waals surface area contributed by atoms with Crippen molar-refractivity contribution in [2.24, 2.45) is 0 Å². The lowest BCUT2D eigenvalue weighted by molar-refractivity contribution is 0.446. The largest absolute Gasteiger partial charge is 0.507 e. The van der Waals surface area contributed by atoms with Crippen molar-refractivity contribution >= 4 is 11.0 Å². The Balaban J connectivity index is 1.41. The van der Waals surface area contributed by atoms with E-state index in [2.05, 4.69) is 150 Å². The van der Waals surface area contributed by atoms with Gasteiger partial charge in [-0.15, -0.1) is 0 Å². The summed E-state index contributed by atoms with van der Waals surface area (Å²) >= 11 is 0. The highest BCUT2D eigenvalue weighted by molar-refractivity contribution is 5.97. The number of benzene rings is 6. The van der Waals surface area contributed by atoms with Crippen molar-refractivity contribution in [2.45, 2.75) is 112 Å². The fourth-order valence-corrected chi connectivity index (χ4v) is 8.40. The second kappa shape index (κ2) is 15.8. The van der Waals surface area contributed by atoms with Crippen LogP contribution in [0.3, 0.4) is 0 Å². The second-order valence-electron chi connectivity index (χ2n) is 21.3. The molecule has 0 aliphatic heterocycles. The minimum absolute atomic E-state index is 0.0577. The highest BCUT2D eigenvalue weighted by Gasteiger charge is 2.29. The average molecular weight is 833 g/mol. The van der Waals surface area contributed by atoms with Crippen molar-refractivity contribution in [3.8, 4) is 67.5 Å². The summed E-state index contributed by atoms with van der Waals surface area (Å²) in [7, 11) is 0. The smallest absolute Gasteiger partial charge is 0.149 e. The summed E-state index contributed by atoms with van der Waals surface area (Å²) in [6, 6.07) is 45.4.